The van der Waals surface area contributed by atoms with Crippen LogP contribution in [0.15, 0.2) is 17.2 Å². The number of hydrogen-bond donors (Lipinski definition) is 4. The smallest absolute Gasteiger partial charge is 0.282 e. The first-order chi connectivity index (χ1) is 9.34. The molecule has 20 heavy (non-hydrogen) atoms. The predicted molar refractivity (Wildman–Crippen MR) is 67.9 cm³/mol. The van der Waals surface area contributed by atoms with Crippen molar-refractivity contribution in [2.24, 2.45) is 11.7 Å². The lowest BCUT2D eigenvalue weighted by atomic mass is 10.00. The van der Waals surface area contributed by atoms with Gasteiger partial charge in [-0.15, -0.1) is 0 Å². The van der Waals surface area contributed by atoms with Crippen molar-refractivity contribution in [1.82, 2.24) is 9.55 Å². The number of amides is 1. The van der Waals surface area contributed by atoms with Crippen molar-refractivity contribution >= 4 is 5.91 Å². The van der Waals surface area contributed by atoms with Crippen LogP contribution >= 0.6 is 0 Å². The van der Waals surface area contributed by atoms with Crippen LogP contribution < -0.4 is 11.3 Å². The first-order valence-corrected chi connectivity index (χ1v) is 6.25. The van der Waals surface area contributed by atoms with Crippen LogP contribution in [0.3, 0.4) is 0 Å². The van der Waals surface area contributed by atoms with Crippen molar-refractivity contribution in [3.63, 3.8) is 0 Å². The fourth-order valence-corrected chi connectivity index (χ4v) is 2.65. The highest BCUT2D eigenvalue weighted by molar-refractivity contribution is 5.90. The maximum Gasteiger partial charge on any atom is 0.282 e. The van der Waals surface area contributed by atoms with Gasteiger partial charge in [0.05, 0.1) is 18.2 Å². The van der Waals surface area contributed by atoms with Crippen molar-refractivity contribution in [1.29, 1.82) is 0 Å². The molecule has 0 aromatic carbocycles. The molecule has 1 saturated carbocycles. The molecule has 0 bridgehead atoms. The van der Waals surface area contributed by atoms with Crippen molar-refractivity contribution < 1.29 is 20.1 Å². The van der Waals surface area contributed by atoms with Gasteiger partial charge in [-0.05, 0) is 13.3 Å². The highest BCUT2D eigenvalue weighted by Gasteiger charge is 2.44. The Hall–Kier alpha value is -1.77. The normalized spacial score (nSPS) is 31.2. The molecule has 0 saturated heterocycles. The van der Waals surface area contributed by atoms with Crippen LogP contribution in [0, 0.1) is 5.92 Å². The molecular weight excluding hydrogens is 266 g/mol. The lowest BCUT2D eigenvalue weighted by Gasteiger charge is -2.19. The van der Waals surface area contributed by atoms with Gasteiger partial charge in [0.2, 0.25) is 0 Å². The first kappa shape index (κ1) is 14.6. The first-order valence-electron chi connectivity index (χ1n) is 6.25. The molecule has 1 aromatic rings. The van der Waals surface area contributed by atoms with Gasteiger partial charge >= 0.3 is 0 Å². The number of aromatic nitrogens is 2. The summed E-state index contributed by atoms with van der Waals surface area (Å²) in [6, 6.07) is -0.738. The second kappa shape index (κ2) is 5.31. The molecule has 1 amide bonds. The van der Waals surface area contributed by atoms with Crippen LogP contribution in [0.1, 0.15) is 29.9 Å². The average molecular weight is 283 g/mol. The molecule has 110 valence electrons. The molecule has 1 heterocycles. The van der Waals surface area contributed by atoms with Crippen molar-refractivity contribution in [3.05, 3.63) is 28.4 Å². The molecular formula is C12H17N3O5. The second-order valence-corrected chi connectivity index (χ2v) is 5.04. The Morgan fingerprint density at radius 3 is 2.65 bits per heavy atom. The largest absolute Gasteiger partial charge is 0.393 e. The number of carbonyl (C=O) groups is 1. The van der Waals surface area contributed by atoms with E-state index in [1.54, 1.807) is 0 Å². The van der Waals surface area contributed by atoms with Crippen molar-refractivity contribution in [3.8, 4) is 0 Å². The molecule has 5 atom stereocenters. The summed E-state index contributed by atoms with van der Waals surface area (Å²) in [4.78, 5) is 26.8. The van der Waals surface area contributed by atoms with Crippen LogP contribution in [0.25, 0.3) is 0 Å². The van der Waals surface area contributed by atoms with Crippen molar-refractivity contribution in [2.45, 2.75) is 37.7 Å². The van der Waals surface area contributed by atoms with Gasteiger partial charge in [0.25, 0.3) is 11.5 Å². The summed E-state index contributed by atoms with van der Waals surface area (Å²) in [5, 5.41) is 29.5. The summed E-state index contributed by atoms with van der Waals surface area (Å²) in [5.74, 6) is -1.50. The third-order valence-corrected chi connectivity index (χ3v) is 3.77. The predicted octanol–water partition coefficient (Wildman–Crippen LogP) is -1.99. The van der Waals surface area contributed by atoms with Gasteiger partial charge in [-0.3, -0.25) is 9.59 Å². The zero-order chi connectivity index (χ0) is 15.0. The molecule has 2 rings (SSSR count). The minimum Gasteiger partial charge on any atom is -0.393 e. The molecule has 8 heteroatoms. The number of hydrogen-bond acceptors (Lipinski definition) is 6. The van der Waals surface area contributed by atoms with Crippen LogP contribution in [0.2, 0.25) is 0 Å². The summed E-state index contributed by atoms with van der Waals surface area (Å²) in [7, 11) is 0. The molecule has 0 aliphatic heterocycles. The molecule has 0 spiro atoms. The number of primary amides is 1. The zero-order valence-electron chi connectivity index (χ0n) is 10.9. The Balaban J connectivity index is 2.41. The second-order valence-electron chi connectivity index (χ2n) is 5.04. The number of carbonyl (C=O) groups excluding carboxylic acids is 1. The maximum absolute atomic E-state index is 12.1. The van der Waals surface area contributed by atoms with Gasteiger partial charge in [0.1, 0.15) is 6.10 Å². The lowest BCUT2D eigenvalue weighted by Crippen LogP contribution is -2.37. The van der Waals surface area contributed by atoms with E-state index in [9.17, 15) is 24.9 Å². The monoisotopic (exact) mass is 283 g/mol. The minimum absolute atomic E-state index is 0.210. The third kappa shape index (κ3) is 2.33. The standard InChI is InChI=1S/C12H17N3O5/c1-5(16)6-4-7(10(18)9(6)17)15-3-2-14-8(11(13)19)12(15)20/h2-3,5-7,9-10,16-18H,4H2,1H3,(H2,13,19). The Kier molecular flexibility index (Phi) is 3.89. The molecule has 0 radical (unpaired) electrons. The summed E-state index contributed by atoms with van der Waals surface area (Å²) >= 11 is 0. The highest BCUT2D eigenvalue weighted by atomic mass is 16.3. The zero-order valence-corrected chi connectivity index (χ0v) is 10.9. The molecule has 8 nitrogen and oxygen atoms in total. The maximum atomic E-state index is 12.1. The van der Waals surface area contributed by atoms with E-state index in [0.29, 0.717) is 0 Å². The molecule has 1 aromatic heterocycles. The Labute approximate surface area is 114 Å². The van der Waals surface area contributed by atoms with Gasteiger partial charge < -0.3 is 25.6 Å². The van der Waals surface area contributed by atoms with E-state index in [1.165, 1.54) is 19.3 Å². The number of nitrogens with two attached hydrogens (primary N) is 1. The molecule has 1 fully saturated rings. The van der Waals surface area contributed by atoms with E-state index in [-0.39, 0.29) is 6.42 Å². The van der Waals surface area contributed by atoms with E-state index >= 15 is 0 Å². The number of aliphatic hydroxyl groups excluding tert-OH is 3. The minimum atomic E-state index is -1.21. The van der Waals surface area contributed by atoms with Crippen molar-refractivity contribution in [2.75, 3.05) is 0 Å². The molecule has 5 N–H and O–H groups in total. The molecule has 1 aliphatic carbocycles. The van der Waals surface area contributed by atoms with Crippen LogP contribution in [-0.2, 0) is 0 Å². The Morgan fingerprint density at radius 2 is 2.15 bits per heavy atom. The van der Waals surface area contributed by atoms with Gasteiger partial charge in [-0.1, -0.05) is 0 Å². The third-order valence-electron chi connectivity index (χ3n) is 3.77. The SMILES string of the molecule is CC(O)C1CC(n2ccnc(C(N)=O)c2=O)C(O)C1O. The quantitative estimate of drug-likeness (QED) is 0.506. The van der Waals surface area contributed by atoms with Gasteiger partial charge in [-0.2, -0.15) is 0 Å². The van der Waals surface area contributed by atoms with Crippen LogP contribution in [-0.4, -0.2) is 49.1 Å². The van der Waals surface area contributed by atoms with Gasteiger partial charge in [0.15, 0.2) is 5.69 Å². The van der Waals surface area contributed by atoms with Gasteiger partial charge in [-0.25, -0.2) is 4.98 Å². The average Bonchev–Trinajstić information content (AvgIpc) is 2.67. The van der Waals surface area contributed by atoms with E-state index in [2.05, 4.69) is 4.98 Å². The van der Waals surface area contributed by atoms with E-state index in [1.807, 2.05) is 0 Å². The fourth-order valence-electron chi connectivity index (χ4n) is 2.65. The van der Waals surface area contributed by atoms with E-state index in [4.69, 9.17) is 5.73 Å². The lowest BCUT2D eigenvalue weighted by molar-refractivity contribution is -0.0217. The molecule has 1 aliphatic rings. The van der Waals surface area contributed by atoms with E-state index in [0.717, 1.165) is 4.57 Å². The number of aliphatic hydroxyl groups is 3. The fraction of sp³-hybridized carbons (Fsp3) is 0.583. The Morgan fingerprint density at radius 1 is 1.50 bits per heavy atom. The van der Waals surface area contributed by atoms with Crippen LogP contribution in [0.5, 0.6) is 0 Å². The topological polar surface area (TPSA) is 139 Å². The Bertz CT molecular complexity index is 570. The summed E-state index contributed by atoms with van der Waals surface area (Å²) in [6.07, 6.45) is -0.414. The number of nitrogens with zero attached hydrogens (tertiary/aromatic N) is 2. The summed E-state index contributed by atoms with van der Waals surface area (Å²) in [5.41, 5.74) is 3.91. The van der Waals surface area contributed by atoms with Crippen LogP contribution in [0.4, 0.5) is 0 Å². The van der Waals surface area contributed by atoms with Gasteiger partial charge in [0, 0.05) is 18.3 Å². The summed E-state index contributed by atoms with van der Waals surface area (Å²) < 4.78 is 1.13. The van der Waals surface area contributed by atoms with E-state index < -0.39 is 47.4 Å². The highest BCUT2D eigenvalue weighted by Crippen LogP contribution is 2.36. The summed E-state index contributed by atoms with van der Waals surface area (Å²) in [6.45, 7) is 1.51. The number of rotatable bonds is 3. The molecule has 5 unspecified atom stereocenters.